The second-order valence-electron chi connectivity index (χ2n) is 4.39. The summed E-state index contributed by atoms with van der Waals surface area (Å²) in [5.41, 5.74) is 1.77. The highest BCUT2D eigenvalue weighted by atomic mass is 16.4. The van der Waals surface area contributed by atoms with Crippen molar-refractivity contribution < 1.29 is 10.0 Å². The monoisotopic (exact) mass is 235 g/mol. The minimum atomic E-state index is -1.37. The SMILES string of the molecule is CCCN(CCC)Cc1ccc(B(O)O)cc1. The predicted molar refractivity (Wildman–Crippen MR) is 72.1 cm³/mol. The first-order valence-electron chi connectivity index (χ1n) is 6.34. The second kappa shape index (κ2) is 7.48. The van der Waals surface area contributed by atoms with Gasteiger partial charge in [-0.25, -0.2) is 0 Å². The van der Waals surface area contributed by atoms with Gasteiger partial charge in [-0.2, -0.15) is 0 Å². The van der Waals surface area contributed by atoms with Crippen molar-refractivity contribution in [1.29, 1.82) is 0 Å². The topological polar surface area (TPSA) is 43.7 Å². The minimum absolute atomic E-state index is 0.547. The smallest absolute Gasteiger partial charge is 0.423 e. The normalized spacial score (nSPS) is 10.9. The Morgan fingerprint density at radius 1 is 1.00 bits per heavy atom. The lowest BCUT2D eigenvalue weighted by atomic mass is 9.80. The Kier molecular flexibility index (Phi) is 6.26. The number of hydrogen-bond donors (Lipinski definition) is 2. The molecule has 0 spiro atoms. The van der Waals surface area contributed by atoms with Gasteiger partial charge in [0.2, 0.25) is 0 Å². The number of rotatable bonds is 7. The summed E-state index contributed by atoms with van der Waals surface area (Å²) < 4.78 is 0. The van der Waals surface area contributed by atoms with Crippen molar-refractivity contribution in [3.8, 4) is 0 Å². The van der Waals surface area contributed by atoms with Crippen LogP contribution in [0.2, 0.25) is 0 Å². The van der Waals surface area contributed by atoms with Crippen molar-refractivity contribution in [2.45, 2.75) is 33.2 Å². The van der Waals surface area contributed by atoms with Crippen LogP contribution >= 0.6 is 0 Å². The van der Waals surface area contributed by atoms with E-state index < -0.39 is 7.12 Å². The highest BCUT2D eigenvalue weighted by Crippen LogP contribution is 2.05. The van der Waals surface area contributed by atoms with Gasteiger partial charge in [0.05, 0.1) is 0 Å². The van der Waals surface area contributed by atoms with E-state index in [-0.39, 0.29) is 0 Å². The molecule has 1 aromatic rings. The fraction of sp³-hybridized carbons (Fsp3) is 0.538. The maximum absolute atomic E-state index is 9.01. The van der Waals surface area contributed by atoms with Crippen molar-refractivity contribution in [3.63, 3.8) is 0 Å². The molecule has 0 atom stereocenters. The first-order chi connectivity index (χ1) is 8.17. The Bertz CT molecular complexity index is 308. The zero-order chi connectivity index (χ0) is 12.7. The lowest BCUT2D eigenvalue weighted by molar-refractivity contribution is 0.266. The van der Waals surface area contributed by atoms with Crippen LogP contribution in [0.1, 0.15) is 32.3 Å². The quantitative estimate of drug-likeness (QED) is 0.692. The maximum Gasteiger partial charge on any atom is 0.488 e. The van der Waals surface area contributed by atoms with E-state index >= 15 is 0 Å². The van der Waals surface area contributed by atoms with Gasteiger partial charge in [0.15, 0.2) is 0 Å². The molecule has 1 aromatic carbocycles. The summed E-state index contributed by atoms with van der Waals surface area (Å²) in [7, 11) is -1.37. The molecule has 17 heavy (non-hydrogen) atoms. The van der Waals surface area contributed by atoms with Gasteiger partial charge in [0.1, 0.15) is 0 Å². The minimum Gasteiger partial charge on any atom is -0.423 e. The third-order valence-electron chi connectivity index (χ3n) is 2.76. The molecule has 0 fully saturated rings. The second-order valence-corrected chi connectivity index (χ2v) is 4.39. The molecular weight excluding hydrogens is 213 g/mol. The standard InChI is InChI=1S/C13H22BNO2/c1-3-9-15(10-4-2)11-12-5-7-13(8-6-12)14(16)17/h5-8,16-17H,3-4,9-11H2,1-2H3. The van der Waals surface area contributed by atoms with E-state index in [0.29, 0.717) is 5.46 Å². The van der Waals surface area contributed by atoms with Crippen LogP contribution < -0.4 is 5.46 Å². The molecule has 0 saturated heterocycles. The van der Waals surface area contributed by atoms with E-state index in [0.717, 1.165) is 32.5 Å². The summed E-state index contributed by atoms with van der Waals surface area (Å²) in [6, 6.07) is 7.48. The Labute approximate surface area is 104 Å². The van der Waals surface area contributed by atoms with Gasteiger partial charge in [-0.1, -0.05) is 38.1 Å². The summed E-state index contributed by atoms with van der Waals surface area (Å²) in [4.78, 5) is 2.42. The molecule has 0 aromatic heterocycles. The van der Waals surface area contributed by atoms with E-state index in [1.165, 1.54) is 5.56 Å². The van der Waals surface area contributed by atoms with E-state index in [1.807, 2.05) is 12.1 Å². The summed E-state index contributed by atoms with van der Waals surface area (Å²) in [6.07, 6.45) is 2.32. The first-order valence-corrected chi connectivity index (χ1v) is 6.34. The van der Waals surface area contributed by atoms with Crippen LogP contribution in [0.4, 0.5) is 0 Å². The number of hydrogen-bond acceptors (Lipinski definition) is 3. The van der Waals surface area contributed by atoms with E-state index in [1.54, 1.807) is 12.1 Å². The van der Waals surface area contributed by atoms with E-state index in [2.05, 4.69) is 18.7 Å². The van der Waals surface area contributed by atoms with Crippen molar-refractivity contribution >= 4 is 12.6 Å². The van der Waals surface area contributed by atoms with Crippen molar-refractivity contribution in [1.82, 2.24) is 4.90 Å². The fourth-order valence-electron chi connectivity index (χ4n) is 1.96. The highest BCUT2D eigenvalue weighted by Gasteiger charge is 2.10. The zero-order valence-electron chi connectivity index (χ0n) is 10.8. The summed E-state index contributed by atoms with van der Waals surface area (Å²) in [5.74, 6) is 0. The van der Waals surface area contributed by atoms with Gasteiger partial charge >= 0.3 is 7.12 Å². The van der Waals surface area contributed by atoms with Crippen molar-refractivity contribution in [3.05, 3.63) is 29.8 Å². The molecule has 2 N–H and O–H groups in total. The third kappa shape index (κ3) is 4.90. The van der Waals surface area contributed by atoms with Crippen LogP contribution in [0.5, 0.6) is 0 Å². The van der Waals surface area contributed by atoms with Crippen LogP contribution in [0.25, 0.3) is 0 Å². The van der Waals surface area contributed by atoms with Crippen LogP contribution in [0.3, 0.4) is 0 Å². The molecule has 0 amide bonds. The van der Waals surface area contributed by atoms with E-state index in [9.17, 15) is 0 Å². The van der Waals surface area contributed by atoms with Crippen molar-refractivity contribution in [2.75, 3.05) is 13.1 Å². The molecule has 3 nitrogen and oxygen atoms in total. The van der Waals surface area contributed by atoms with Gasteiger partial charge < -0.3 is 10.0 Å². The molecular formula is C13H22BNO2. The molecule has 0 bridgehead atoms. The first kappa shape index (κ1) is 14.2. The van der Waals surface area contributed by atoms with Crippen molar-refractivity contribution in [2.24, 2.45) is 0 Å². The Morgan fingerprint density at radius 3 is 1.94 bits per heavy atom. The van der Waals surface area contributed by atoms with E-state index in [4.69, 9.17) is 10.0 Å². The largest absolute Gasteiger partial charge is 0.488 e. The molecule has 0 aliphatic rings. The maximum atomic E-state index is 9.01. The van der Waals surface area contributed by atoms with Gasteiger partial charge in [0, 0.05) is 6.54 Å². The van der Waals surface area contributed by atoms with Crippen LogP contribution in [0, 0.1) is 0 Å². The summed E-state index contributed by atoms with van der Waals surface area (Å²) in [5, 5.41) is 18.0. The Balaban J connectivity index is 2.59. The Hall–Kier alpha value is -0.835. The van der Waals surface area contributed by atoms with Gasteiger partial charge in [-0.05, 0) is 37.0 Å². The average Bonchev–Trinajstić information content (AvgIpc) is 2.30. The predicted octanol–water partition coefficient (Wildman–Crippen LogP) is 0.988. The molecule has 4 heteroatoms. The fourth-order valence-corrected chi connectivity index (χ4v) is 1.96. The molecule has 94 valence electrons. The van der Waals surface area contributed by atoms with Crippen LogP contribution in [0.15, 0.2) is 24.3 Å². The number of nitrogens with zero attached hydrogens (tertiary/aromatic N) is 1. The highest BCUT2D eigenvalue weighted by molar-refractivity contribution is 6.58. The molecule has 0 aliphatic carbocycles. The molecule has 0 radical (unpaired) electrons. The summed E-state index contributed by atoms with van der Waals surface area (Å²) in [6.45, 7) is 7.53. The Morgan fingerprint density at radius 2 is 1.53 bits per heavy atom. The third-order valence-corrected chi connectivity index (χ3v) is 2.76. The molecule has 0 heterocycles. The lowest BCUT2D eigenvalue weighted by Crippen LogP contribution is -2.30. The van der Waals surface area contributed by atoms with Gasteiger partial charge in [-0.15, -0.1) is 0 Å². The van der Waals surface area contributed by atoms with Gasteiger partial charge in [0.25, 0.3) is 0 Å². The molecule has 1 rings (SSSR count). The molecule has 0 saturated carbocycles. The molecule has 0 aliphatic heterocycles. The van der Waals surface area contributed by atoms with Crippen LogP contribution in [-0.2, 0) is 6.54 Å². The van der Waals surface area contributed by atoms with Gasteiger partial charge in [-0.3, -0.25) is 4.90 Å². The zero-order valence-corrected chi connectivity index (χ0v) is 10.8. The number of benzene rings is 1. The lowest BCUT2D eigenvalue weighted by Gasteiger charge is -2.21. The van der Waals surface area contributed by atoms with Crippen LogP contribution in [-0.4, -0.2) is 35.2 Å². The average molecular weight is 235 g/mol. The molecule has 0 unspecified atom stereocenters. The summed E-state index contributed by atoms with van der Waals surface area (Å²) >= 11 is 0.